The van der Waals surface area contributed by atoms with Gasteiger partial charge in [0.25, 0.3) is 0 Å². The Morgan fingerprint density at radius 2 is 2.00 bits per heavy atom. The summed E-state index contributed by atoms with van der Waals surface area (Å²) in [5.74, 6) is 1.16. The lowest BCUT2D eigenvalue weighted by atomic mass is 10.0. The minimum absolute atomic E-state index is 0.0598. The molecular formula is C17H23N5O. The molecule has 6 nitrogen and oxygen atoms in total. The van der Waals surface area contributed by atoms with Gasteiger partial charge in [-0.2, -0.15) is 0 Å². The van der Waals surface area contributed by atoms with Crippen molar-refractivity contribution in [2.75, 3.05) is 18.4 Å². The zero-order valence-corrected chi connectivity index (χ0v) is 14.1. The molecule has 0 aromatic carbocycles. The Morgan fingerprint density at radius 3 is 2.70 bits per heavy atom. The van der Waals surface area contributed by atoms with Gasteiger partial charge >= 0.3 is 6.03 Å². The van der Waals surface area contributed by atoms with Crippen LogP contribution in [0.1, 0.15) is 45.9 Å². The van der Waals surface area contributed by atoms with E-state index in [1.165, 1.54) is 11.1 Å². The van der Waals surface area contributed by atoms with Gasteiger partial charge in [-0.05, 0) is 32.4 Å². The number of anilines is 1. The summed E-state index contributed by atoms with van der Waals surface area (Å²) >= 11 is 0. The molecule has 6 heteroatoms. The van der Waals surface area contributed by atoms with Crippen molar-refractivity contribution in [3.05, 3.63) is 35.3 Å². The highest BCUT2D eigenvalue weighted by molar-refractivity contribution is 5.89. The molecule has 3 rings (SSSR count). The lowest BCUT2D eigenvalue weighted by Crippen LogP contribution is -2.39. The Hall–Kier alpha value is -2.37. The number of rotatable bonds is 2. The van der Waals surface area contributed by atoms with E-state index >= 15 is 0 Å². The Kier molecular flexibility index (Phi) is 4.07. The van der Waals surface area contributed by atoms with E-state index < -0.39 is 0 Å². The van der Waals surface area contributed by atoms with Crippen molar-refractivity contribution in [2.45, 2.75) is 40.0 Å². The van der Waals surface area contributed by atoms with Crippen LogP contribution in [0.5, 0.6) is 0 Å². The number of urea groups is 1. The van der Waals surface area contributed by atoms with E-state index in [9.17, 15) is 4.79 Å². The van der Waals surface area contributed by atoms with Gasteiger partial charge in [0.15, 0.2) is 5.65 Å². The van der Waals surface area contributed by atoms with E-state index in [0.717, 1.165) is 30.1 Å². The molecular weight excluding hydrogens is 290 g/mol. The van der Waals surface area contributed by atoms with E-state index in [2.05, 4.69) is 43.2 Å². The third-order valence-electron chi connectivity index (χ3n) is 4.40. The molecule has 0 atom stereocenters. The molecule has 23 heavy (non-hydrogen) atoms. The third kappa shape index (κ3) is 3.06. The number of nitrogens with zero attached hydrogens (tertiary/aromatic N) is 4. The fourth-order valence-corrected chi connectivity index (χ4v) is 2.77. The van der Waals surface area contributed by atoms with Crippen LogP contribution in [0.3, 0.4) is 0 Å². The number of pyridine rings is 1. The van der Waals surface area contributed by atoms with Gasteiger partial charge in [0.2, 0.25) is 0 Å². The first-order valence-electron chi connectivity index (χ1n) is 8.01. The van der Waals surface area contributed by atoms with Crippen molar-refractivity contribution in [2.24, 2.45) is 0 Å². The lowest BCUT2D eigenvalue weighted by molar-refractivity contribution is 0.214. The molecule has 0 saturated carbocycles. The second-order valence-corrected chi connectivity index (χ2v) is 6.52. The Bertz CT molecular complexity index is 774. The maximum Gasteiger partial charge on any atom is 0.322 e. The standard InChI is InChI=1S/C17H23N5O/c1-11(2)16-20-19-15-6-5-14(10-22(15)16)18-17(23)21-8-7-12(3)13(4)9-21/h5-6,10-11H,7-9H2,1-4H3,(H,18,23). The van der Waals surface area contributed by atoms with Crippen LogP contribution in [0.15, 0.2) is 29.5 Å². The summed E-state index contributed by atoms with van der Waals surface area (Å²) in [5.41, 5.74) is 4.22. The van der Waals surface area contributed by atoms with Gasteiger partial charge in [-0.3, -0.25) is 4.40 Å². The minimum Gasteiger partial charge on any atom is -0.320 e. The molecule has 0 radical (unpaired) electrons. The van der Waals surface area contributed by atoms with Crippen LogP contribution in [-0.4, -0.2) is 38.6 Å². The highest BCUT2D eigenvalue weighted by Crippen LogP contribution is 2.19. The number of hydrogen-bond acceptors (Lipinski definition) is 3. The summed E-state index contributed by atoms with van der Waals surface area (Å²) in [6, 6.07) is 3.68. The molecule has 0 bridgehead atoms. The van der Waals surface area contributed by atoms with Crippen molar-refractivity contribution >= 4 is 17.4 Å². The second kappa shape index (κ2) is 6.02. The van der Waals surface area contributed by atoms with E-state index in [1.807, 2.05) is 27.6 Å². The smallest absolute Gasteiger partial charge is 0.320 e. The van der Waals surface area contributed by atoms with Crippen LogP contribution in [0.25, 0.3) is 5.65 Å². The predicted octanol–water partition coefficient (Wildman–Crippen LogP) is 3.43. The highest BCUT2D eigenvalue weighted by Gasteiger charge is 2.19. The molecule has 2 aromatic heterocycles. The number of carbonyl (C=O) groups is 1. The topological polar surface area (TPSA) is 62.5 Å². The summed E-state index contributed by atoms with van der Waals surface area (Å²) in [4.78, 5) is 14.3. The zero-order valence-electron chi connectivity index (χ0n) is 14.1. The molecule has 122 valence electrons. The molecule has 0 saturated heterocycles. The monoisotopic (exact) mass is 313 g/mol. The Morgan fingerprint density at radius 1 is 1.22 bits per heavy atom. The molecule has 0 aliphatic carbocycles. The van der Waals surface area contributed by atoms with E-state index in [-0.39, 0.29) is 11.9 Å². The van der Waals surface area contributed by atoms with Crippen molar-refractivity contribution in [1.29, 1.82) is 0 Å². The first-order valence-corrected chi connectivity index (χ1v) is 8.01. The molecule has 1 aliphatic heterocycles. The maximum absolute atomic E-state index is 12.5. The van der Waals surface area contributed by atoms with E-state index in [4.69, 9.17) is 0 Å². The summed E-state index contributed by atoms with van der Waals surface area (Å²) in [6.07, 6.45) is 2.84. The van der Waals surface area contributed by atoms with Gasteiger partial charge in [0.05, 0.1) is 5.69 Å². The van der Waals surface area contributed by atoms with Crippen LogP contribution >= 0.6 is 0 Å². The largest absolute Gasteiger partial charge is 0.322 e. The van der Waals surface area contributed by atoms with Crippen molar-refractivity contribution in [1.82, 2.24) is 19.5 Å². The number of hydrogen-bond donors (Lipinski definition) is 1. The summed E-state index contributed by atoms with van der Waals surface area (Å²) in [5, 5.41) is 11.3. The second-order valence-electron chi connectivity index (χ2n) is 6.52. The summed E-state index contributed by atoms with van der Waals surface area (Å²) < 4.78 is 1.94. The average Bonchev–Trinajstić information content (AvgIpc) is 2.93. The van der Waals surface area contributed by atoms with Gasteiger partial charge in [-0.15, -0.1) is 10.2 Å². The van der Waals surface area contributed by atoms with Gasteiger partial charge in [-0.25, -0.2) is 4.79 Å². The Balaban J connectivity index is 1.79. The number of carbonyl (C=O) groups excluding carboxylic acids is 1. The van der Waals surface area contributed by atoms with Gasteiger partial charge in [0, 0.05) is 25.2 Å². The van der Waals surface area contributed by atoms with Crippen LogP contribution < -0.4 is 5.32 Å². The fourth-order valence-electron chi connectivity index (χ4n) is 2.77. The van der Waals surface area contributed by atoms with Crippen molar-refractivity contribution < 1.29 is 4.79 Å². The number of nitrogens with one attached hydrogen (secondary N) is 1. The summed E-state index contributed by atoms with van der Waals surface area (Å²) in [7, 11) is 0. The van der Waals surface area contributed by atoms with Crippen LogP contribution in [0.2, 0.25) is 0 Å². The van der Waals surface area contributed by atoms with Crippen molar-refractivity contribution in [3.63, 3.8) is 0 Å². The SMILES string of the molecule is CC1=C(C)CN(C(=O)Nc2ccc3nnc(C(C)C)n3c2)CC1. The van der Waals surface area contributed by atoms with Crippen molar-refractivity contribution in [3.8, 4) is 0 Å². The van der Waals surface area contributed by atoms with Gasteiger partial charge < -0.3 is 10.2 Å². The summed E-state index contributed by atoms with van der Waals surface area (Å²) in [6.45, 7) is 9.84. The van der Waals surface area contributed by atoms with Gasteiger partial charge in [-0.1, -0.05) is 25.0 Å². The van der Waals surface area contributed by atoms with E-state index in [1.54, 1.807) is 0 Å². The number of amides is 2. The molecule has 0 unspecified atom stereocenters. The zero-order chi connectivity index (χ0) is 16.6. The normalized spacial score (nSPS) is 15.6. The minimum atomic E-state index is -0.0598. The Labute approximate surface area is 136 Å². The molecule has 2 aromatic rings. The fraction of sp³-hybridized carbons (Fsp3) is 0.471. The predicted molar refractivity (Wildman–Crippen MR) is 90.7 cm³/mol. The average molecular weight is 313 g/mol. The van der Waals surface area contributed by atoms with Gasteiger partial charge in [0.1, 0.15) is 5.82 Å². The molecule has 3 heterocycles. The lowest BCUT2D eigenvalue weighted by Gasteiger charge is -2.28. The first kappa shape index (κ1) is 15.5. The molecule has 0 spiro atoms. The van der Waals surface area contributed by atoms with E-state index in [0.29, 0.717) is 6.54 Å². The van der Waals surface area contributed by atoms with Crippen LogP contribution in [0.4, 0.5) is 10.5 Å². The molecule has 2 amide bonds. The highest BCUT2D eigenvalue weighted by atomic mass is 16.2. The quantitative estimate of drug-likeness (QED) is 0.864. The first-order chi connectivity index (χ1) is 11.0. The van der Waals surface area contributed by atoms with Crippen LogP contribution in [0, 0.1) is 0 Å². The maximum atomic E-state index is 12.5. The number of fused-ring (bicyclic) bond motifs is 1. The molecule has 0 fully saturated rings. The third-order valence-corrected chi connectivity index (χ3v) is 4.40. The van der Waals surface area contributed by atoms with Crippen LogP contribution in [-0.2, 0) is 0 Å². The number of aromatic nitrogens is 3. The molecule has 1 aliphatic rings. The molecule has 1 N–H and O–H groups in total.